The summed E-state index contributed by atoms with van der Waals surface area (Å²) in [6.45, 7) is 4.35. The van der Waals surface area contributed by atoms with Crippen LogP contribution in [0.5, 0.6) is 5.75 Å². The van der Waals surface area contributed by atoms with Crippen molar-refractivity contribution in [1.29, 1.82) is 0 Å². The first-order chi connectivity index (χ1) is 9.65. The van der Waals surface area contributed by atoms with Gasteiger partial charge in [-0.05, 0) is 31.5 Å². The standard InChI is InChI=1S/C15H21FN2O2/c1-3-17-11-6-8-18(9-7-11)15(19)13-5-4-12(20-2)10-14(13)16/h4-5,10-11,17H,3,6-9H2,1-2H3. The van der Waals surface area contributed by atoms with E-state index in [1.807, 2.05) is 0 Å². The van der Waals surface area contributed by atoms with Crippen molar-refractivity contribution in [2.45, 2.75) is 25.8 Å². The highest BCUT2D eigenvalue weighted by molar-refractivity contribution is 5.94. The first-order valence-electron chi connectivity index (χ1n) is 7.02. The van der Waals surface area contributed by atoms with Crippen LogP contribution in [0, 0.1) is 5.82 Å². The highest BCUT2D eigenvalue weighted by atomic mass is 19.1. The molecular formula is C15H21FN2O2. The number of likely N-dealkylation sites (tertiary alicyclic amines) is 1. The van der Waals surface area contributed by atoms with Gasteiger partial charge in [-0.1, -0.05) is 6.92 Å². The van der Waals surface area contributed by atoms with E-state index in [1.54, 1.807) is 11.0 Å². The quantitative estimate of drug-likeness (QED) is 0.918. The van der Waals surface area contributed by atoms with Gasteiger partial charge in [0, 0.05) is 25.2 Å². The summed E-state index contributed by atoms with van der Waals surface area (Å²) < 4.78 is 18.8. The van der Waals surface area contributed by atoms with Crippen molar-refractivity contribution in [1.82, 2.24) is 10.2 Å². The molecule has 1 heterocycles. The number of nitrogens with zero attached hydrogens (tertiary/aromatic N) is 1. The summed E-state index contributed by atoms with van der Waals surface area (Å²) in [5.41, 5.74) is 0.118. The molecule has 1 amide bonds. The Balaban J connectivity index is 2.02. The Morgan fingerprint density at radius 3 is 2.70 bits per heavy atom. The molecule has 0 saturated carbocycles. The number of amides is 1. The van der Waals surface area contributed by atoms with Crippen LogP contribution in [-0.4, -0.2) is 43.6 Å². The van der Waals surface area contributed by atoms with Crippen molar-refractivity contribution in [2.24, 2.45) is 0 Å². The van der Waals surface area contributed by atoms with Gasteiger partial charge in [-0.15, -0.1) is 0 Å². The van der Waals surface area contributed by atoms with Crippen LogP contribution in [-0.2, 0) is 0 Å². The van der Waals surface area contributed by atoms with Crippen molar-refractivity contribution in [2.75, 3.05) is 26.7 Å². The molecule has 0 radical (unpaired) electrons. The lowest BCUT2D eigenvalue weighted by Gasteiger charge is -2.32. The highest BCUT2D eigenvalue weighted by Crippen LogP contribution is 2.20. The van der Waals surface area contributed by atoms with E-state index in [0.717, 1.165) is 19.4 Å². The molecule has 0 aliphatic carbocycles. The topological polar surface area (TPSA) is 41.6 Å². The lowest BCUT2D eigenvalue weighted by atomic mass is 10.0. The molecule has 0 spiro atoms. The summed E-state index contributed by atoms with van der Waals surface area (Å²) in [6, 6.07) is 4.82. The number of hydrogen-bond donors (Lipinski definition) is 1. The first-order valence-corrected chi connectivity index (χ1v) is 7.02. The van der Waals surface area contributed by atoms with Crippen molar-refractivity contribution < 1.29 is 13.9 Å². The molecule has 2 rings (SSSR count). The second kappa shape index (κ2) is 6.70. The number of ether oxygens (including phenoxy) is 1. The van der Waals surface area contributed by atoms with Gasteiger partial charge in [-0.25, -0.2) is 4.39 Å². The summed E-state index contributed by atoms with van der Waals surface area (Å²) in [5, 5.41) is 3.38. The minimum Gasteiger partial charge on any atom is -0.497 e. The lowest BCUT2D eigenvalue weighted by Crippen LogP contribution is -2.45. The number of rotatable bonds is 4. The number of halogens is 1. The fourth-order valence-electron chi connectivity index (χ4n) is 2.54. The van der Waals surface area contributed by atoms with E-state index < -0.39 is 5.82 Å². The number of carbonyl (C=O) groups is 1. The number of hydrogen-bond acceptors (Lipinski definition) is 3. The zero-order valence-electron chi connectivity index (χ0n) is 12.0. The van der Waals surface area contributed by atoms with Crippen LogP contribution in [0.15, 0.2) is 18.2 Å². The molecule has 1 fully saturated rings. The molecule has 1 aliphatic rings. The van der Waals surface area contributed by atoms with Gasteiger partial charge in [0.15, 0.2) is 0 Å². The Kier molecular flexibility index (Phi) is 4.95. The van der Waals surface area contributed by atoms with Crippen molar-refractivity contribution in [3.05, 3.63) is 29.6 Å². The van der Waals surface area contributed by atoms with E-state index in [1.165, 1.54) is 19.2 Å². The van der Waals surface area contributed by atoms with E-state index in [4.69, 9.17) is 4.74 Å². The maximum atomic E-state index is 13.9. The van der Waals surface area contributed by atoms with Crippen LogP contribution in [0.1, 0.15) is 30.1 Å². The SMILES string of the molecule is CCNC1CCN(C(=O)c2ccc(OC)cc2F)CC1. The van der Waals surface area contributed by atoms with Crippen LogP contribution in [0.25, 0.3) is 0 Å². The minimum atomic E-state index is -0.525. The summed E-state index contributed by atoms with van der Waals surface area (Å²) in [4.78, 5) is 14.0. The molecule has 0 bridgehead atoms. The molecule has 1 aromatic carbocycles. The molecule has 0 unspecified atom stereocenters. The van der Waals surface area contributed by atoms with E-state index in [2.05, 4.69) is 12.2 Å². The molecule has 20 heavy (non-hydrogen) atoms. The van der Waals surface area contributed by atoms with E-state index in [0.29, 0.717) is 24.9 Å². The number of benzene rings is 1. The Morgan fingerprint density at radius 2 is 2.15 bits per heavy atom. The molecule has 0 aromatic heterocycles. The summed E-state index contributed by atoms with van der Waals surface area (Å²) in [6.07, 6.45) is 1.83. The van der Waals surface area contributed by atoms with Crippen molar-refractivity contribution in [3.63, 3.8) is 0 Å². The van der Waals surface area contributed by atoms with Crippen LogP contribution in [0.3, 0.4) is 0 Å². The molecule has 1 aromatic rings. The average molecular weight is 280 g/mol. The van der Waals surface area contributed by atoms with Gasteiger partial charge in [0.1, 0.15) is 11.6 Å². The summed E-state index contributed by atoms with van der Waals surface area (Å²) >= 11 is 0. The fourth-order valence-corrected chi connectivity index (χ4v) is 2.54. The molecular weight excluding hydrogens is 259 g/mol. The minimum absolute atomic E-state index is 0.118. The summed E-state index contributed by atoms with van der Waals surface area (Å²) in [7, 11) is 1.47. The molecule has 110 valence electrons. The molecule has 1 saturated heterocycles. The number of nitrogens with one attached hydrogen (secondary N) is 1. The third kappa shape index (κ3) is 3.28. The van der Waals surface area contributed by atoms with Gasteiger partial charge in [0.2, 0.25) is 0 Å². The average Bonchev–Trinajstić information content (AvgIpc) is 2.47. The predicted octanol–water partition coefficient (Wildman–Crippen LogP) is 2.05. The number of methoxy groups -OCH3 is 1. The van der Waals surface area contributed by atoms with Gasteiger partial charge in [-0.2, -0.15) is 0 Å². The molecule has 1 N–H and O–H groups in total. The predicted molar refractivity (Wildman–Crippen MR) is 75.6 cm³/mol. The number of piperidine rings is 1. The summed E-state index contributed by atoms with van der Waals surface area (Å²) in [5.74, 6) is -0.340. The maximum absolute atomic E-state index is 13.9. The molecule has 1 aliphatic heterocycles. The largest absolute Gasteiger partial charge is 0.497 e. The van der Waals surface area contributed by atoms with E-state index in [-0.39, 0.29) is 11.5 Å². The third-order valence-corrected chi connectivity index (χ3v) is 3.68. The lowest BCUT2D eigenvalue weighted by molar-refractivity contribution is 0.0701. The Hall–Kier alpha value is -1.62. The maximum Gasteiger partial charge on any atom is 0.256 e. The smallest absolute Gasteiger partial charge is 0.256 e. The van der Waals surface area contributed by atoms with Crippen LogP contribution in [0.2, 0.25) is 0 Å². The van der Waals surface area contributed by atoms with Crippen LogP contribution >= 0.6 is 0 Å². The Labute approximate surface area is 118 Å². The van der Waals surface area contributed by atoms with Gasteiger partial charge in [-0.3, -0.25) is 4.79 Å². The molecule has 4 nitrogen and oxygen atoms in total. The van der Waals surface area contributed by atoms with Gasteiger partial charge in [0.05, 0.1) is 12.7 Å². The van der Waals surface area contributed by atoms with Gasteiger partial charge in [0.25, 0.3) is 5.91 Å². The zero-order valence-corrected chi connectivity index (χ0v) is 12.0. The van der Waals surface area contributed by atoms with Crippen molar-refractivity contribution in [3.8, 4) is 5.75 Å². The second-order valence-electron chi connectivity index (χ2n) is 4.97. The highest BCUT2D eigenvalue weighted by Gasteiger charge is 2.24. The third-order valence-electron chi connectivity index (χ3n) is 3.68. The van der Waals surface area contributed by atoms with Gasteiger partial charge < -0.3 is 15.0 Å². The molecule has 5 heteroatoms. The zero-order chi connectivity index (χ0) is 14.5. The van der Waals surface area contributed by atoms with Crippen molar-refractivity contribution >= 4 is 5.91 Å². The van der Waals surface area contributed by atoms with E-state index >= 15 is 0 Å². The van der Waals surface area contributed by atoms with Gasteiger partial charge >= 0.3 is 0 Å². The van der Waals surface area contributed by atoms with E-state index in [9.17, 15) is 9.18 Å². The Morgan fingerprint density at radius 1 is 1.45 bits per heavy atom. The number of carbonyl (C=O) groups excluding carboxylic acids is 1. The fraction of sp³-hybridized carbons (Fsp3) is 0.533. The van der Waals surface area contributed by atoms with Crippen LogP contribution in [0.4, 0.5) is 4.39 Å². The molecule has 0 atom stereocenters. The monoisotopic (exact) mass is 280 g/mol. The Bertz CT molecular complexity index is 471. The second-order valence-corrected chi connectivity index (χ2v) is 4.97. The van der Waals surface area contributed by atoms with Crippen LogP contribution < -0.4 is 10.1 Å². The first kappa shape index (κ1) is 14.8. The normalized spacial score (nSPS) is 16.2.